The van der Waals surface area contributed by atoms with E-state index in [1.54, 1.807) is 29.7 Å². The molecule has 0 bridgehead atoms. The number of guanidine groups is 1. The van der Waals surface area contributed by atoms with Gasteiger partial charge in [-0.05, 0) is 26.0 Å². The molecule has 102 valence electrons. The second kappa shape index (κ2) is 6.68. The third-order valence-electron chi connectivity index (χ3n) is 2.53. The van der Waals surface area contributed by atoms with Crippen LogP contribution in [0.25, 0.3) is 0 Å². The molecule has 2 aromatic rings. The Labute approximate surface area is 121 Å². The van der Waals surface area contributed by atoms with E-state index in [-0.39, 0.29) is 0 Å². The molecule has 6 heteroatoms. The Morgan fingerprint density at radius 3 is 2.53 bits per heavy atom. The van der Waals surface area contributed by atoms with Gasteiger partial charge < -0.3 is 10.6 Å². The van der Waals surface area contributed by atoms with E-state index in [0.29, 0.717) is 6.54 Å². The number of aryl methyl sites for hydroxylation is 2. The molecule has 2 N–H and O–H groups in total. The molecule has 0 radical (unpaired) electrons. The molecule has 2 rings (SSSR count). The second-order valence-corrected chi connectivity index (χ2v) is 6.85. The number of nitrogens with zero attached hydrogens (tertiary/aromatic N) is 2. The van der Waals surface area contributed by atoms with Crippen molar-refractivity contribution in [1.82, 2.24) is 15.6 Å². The summed E-state index contributed by atoms with van der Waals surface area (Å²) in [7, 11) is 1.78. The van der Waals surface area contributed by atoms with Gasteiger partial charge in [0, 0.05) is 27.9 Å². The van der Waals surface area contributed by atoms with Gasteiger partial charge >= 0.3 is 0 Å². The average Bonchev–Trinajstić information content (AvgIpc) is 2.99. The molecule has 0 saturated heterocycles. The molecule has 2 heterocycles. The lowest BCUT2D eigenvalue weighted by atomic mass is 10.4. The van der Waals surface area contributed by atoms with Crippen molar-refractivity contribution in [2.24, 2.45) is 4.99 Å². The van der Waals surface area contributed by atoms with Crippen molar-refractivity contribution in [2.75, 3.05) is 7.05 Å². The minimum atomic E-state index is 0.710. The van der Waals surface area contributed by atoms with Crippen molar-refractivity contribution < 1.29 is 0 Å². The number of aliphatic imine (C=N–C) groups is 1. The maximum absolute atomic E-state index is 4.32. The van der Waals surface area contributed by atoms with Crippen LogP contribution in [0.5, 0.6) is 0 Å². The van der Waals surface area contributed by atoms with E-state index in [4.69, 9.17) is 0 Å². The molecule has 0 saturated carbocycles. The van der Waals surface area contributed by atoms with Gasteiger partial charge in [-0.3, -0.25) is 4.99 Å². The van der Waals surface area contributed by atoms with Crippen LogP contribution >= 0.6 is 22.7 Å². The van der Waals surface area contributed by atoms with Crippen molar-refractivity contribution in [3.63, 3.8) is 0 Å². The summed E-state index contributed by atoms with van der Waals surface area (Å²) in [6.07, 6.45) is 1.90. The third-order valence-corrected chi connectivity index (χ3v) is 4.44. The van der Waals surface area contributed by atoms with Crippen molar-refractivity contribution in [3.8, 4) is 0 Å². The fourth-order valence-electron chi connectivity index (χ4n) is 1.61. The highest BCUT2D eigenvalue weighted by Crippen LogP contribution is 2.14. The zero-order chi connectivity index (χ0) is 13.7. The van der Waals surface area contributed by atoms with Crippen LogP contribution in [0, 0.1) is 13.8 Å². The van der Waals surface area contributed by atoms with Gasteiger partial charge in [0.1, 0.15) is 5.01 Å². The van der Waals surface area contributed by atoms with Gasteiger partial charge in [0.2, 0.25) is 0 Å². The molecular weight excluding hydrogens is 276 g/mol. The molecule has 19 heavy (non-hydrogen) atoms. The number of aromatic nitrogens is 1. The quantitative estimate of drug-likeness (QED) is 0.673. The van der Waals surface area contributed by atoms with E-state index in [9.17, 15) is 0 Å². The predicted octanol–water partition coefficient (Wildman–Crippen LogP) is 2.69. The summed E-state index contributed by atoms with van der Waals surface area (Å²) in [4.78, 5) is 12.4. The fraction of sp³-hybridized carbons (Fsp3) is 0.385. The summed E-state index contributed by atoms with van der Waals surface area (Å²) in [6.45, 7) is 5.69. The van der Waals surface area contributed by atoms with Crippen LogP contribution in [-0.2, 0) is 13.1 Å². The van der Waals surface area contributed by atoms with Crippen LogP contribution in [0.15, 0.2) is 23.3 Å². The maximum Gasteiger partial charge on any atom is 0.191 e. The molecule has 0 aliphatic carbocycles. The Bertz CT molecular complexity index is 510. The molecule has 4 nitrogen and oxygen atoms in total. The molecular formula is C13H18N4S2. The van der Waals surface area contributed by atoms with Gasteiger partial charge in [-0.15, -0.1) is 22.7 Å². The smallest absolute Gasteiger partial charge is 0.191 e. The number of hydrogen-bond acceptors (Lipinski definition) is 4. The molecule has 2 aromatic heterocycles. The number of nitrogens with one attached hydrogen (secondary N) is 2. The van der Waals surface area contributed by atoms with Crippen molar-refractivity contribution in [3.05, 3.63) is 38.0 Å². The first-order valence-electron chi connectivity index (χ1n) is 6.08. The number of thiazole rings is 1. The van der Waals surface area contributed by atoms with Crippen LogP contribution in [0.3, 0.4) is 0 Å². The second-order valence-electron chi connectivity index (χ2n) is 4.16. The van der Waals surface area contributed by atoms with E-state index in [2.05, 4.69) is 46.6 Å². The van der Waals surface area contributed by atoms with Crippen LogP contribution in [0.1, 0.15) is 19.6 Å². The monoisotopic (exact) mass is 294 g/mol. The molecule has 0 aliphatic heterocycles. The summed E-state index contributed by atoms with van der Waals surface area (Å²) in [5.41, 5.74) is 0. The Hall–Kier alpha value is -1.40. The Balaban J connectivity index is 1.80. The highest BCUT2D eigenvalue weighted by atomic mass is 32.1. The number of rotatable bonds is 4. The van der Waals surface area contributed by atoms with E-state index in [1.165, 1.54) is 14.6 Å². The van der Waals surface area contributed by atoms with E-state index < -0.39 is 0 Å². The Morgan fingerprint density at radius 2 is 1.95 bits per heavy atom. The van der Waals surface area contributed by atoms with Crippen molar-refractivity contribution >= 4 is 28.6 Å². The fourth-order valence-corrected chi connectivity index (χ4v) is 3.17. The summed E-state index contributed by atoms with van der Waals surface area (Å²) >= 11 is 3.51. The van der Waals surface area contributed by atoms with E-state index in [0.717, 1.165) is 17.5 Å². The van der Waals surface area contributed by atoms with Gasteiger partial charge in [0.25, 0.3) is 0 Å². The highest BCUT2D eigenvalue weighted by molar-refractivity contribution is 7.12. The average molecular weight is 294 g/mol. The normalized spacial score (nSPS) is 11.6. The molecule has 0 unspecified atom stereocenters. The molecule has 0 amide bonds. The van der Waals surface area contributed by atoms with Crippen molar-refractivity contribution in [2.45, 2.75) is 26.9 Å². The first-order valence-corrected chi connectivity index (χ1v) is 7.72. The minimum Gasteiger partial charge on any atom is -0.352 e. The first kappa shape index (κ1) is 14.0. The first-order chi connectivity index (χ1) is 9.17. The standard InChI is InChI=1S/C13H18N4S2/c1-9-4-5-11(18-9)7-16-13(14-3)17-8-12-15-6-10(2)19-12/h4-6H,7-8H2,1-3H3,(H2,14,16,17). The Kier molecular flexibility index (Phi) is 4.93. The van der Waals surface area contributed by atoms with Crippen LogP contribution in [0.4, 0.5) is 0 Å². The lowest BCUT2D eigenvalue weighted by Gasteiger charge is -2.09. The van der Waals surface area contributed by atoms with Gasteiger partial charge in [-0.2, -0.15) is 0 Å². The predicted molar refractivity (Wildman–Crippen MR) is 82.9 cm³/mol. The molecule has 0 fully saturated rings. The SMILES string of the molecule is CN=C(NCc1ccc(C)s1)NCc1ncc(C)s1. The topological polar surface area (TPSA) is 49.3 Å². The van der Waals surface area contributed by atoms with E-state index in [1.807, 2.05) is 6.20 Å². The lowest BCUT2D eigenvalue weighted by molar-refractivity contribution is 0.811. The zero-order valence-corrected chi connectivity index (χ0v) is 13.0. The minimum absolute atomic E-state index is 0.710. The summed E-state index contributed by atoms with van der Waals surface area (Å²) in [6, 6.07) is 4.28. The number of thiophene rings is 1. The zero-order valence-electron chi connectivity index (χ0n) is 11.4. The molecule has 0 atom stereocenters. The molecule has 0 aromatic carbocycles. The number of hydrogen-bond donors (Lipinski definition) is 2. The van der Waals surface area contributed by atoms with Gasteiger partial charge in [0.05, 0.1) is 13.1 Å². The van der Waals surface area contributed by atoms with Crippen molar-refractivity contribution in [1.29, 1.82) is 0 Å². The lowest BCUT2D eigenvalue weighted by Crippen LogP contribution is -2.36. The van der Waals surface area contributed by atoms with Crippen LogP contribution in [-0.4, -0.2) is 18.0 Å². The Morgan fingerprint density at radius 1 is 1.16 bits per heavy atom. The van der Waals surface area contributed by atoms with Crippen LogP contribution in [0.2, 0.25) is 0 Å². The summed E-state index contributed by atoms with van der Waals surface area (Å²) < 4.78 is 0. The van der Waals surface area contributed by atoms with Gasteiger partial charge in [0.15, 0.2) is 5.96 Å². The van der Waals surface area contributed by atoms with E-state index >= 15 is 0 Å². The largest absolute Gasteiger partial charge is 0.352 e. The molecule has 0 spiro atoms. The highest BCUT2D eigenvalue weighted by Gasteiger charge is 2.02. The molecule has 0 aliphatic rings. The summed E-state index contributed by atoms with van der Waals surface area (Å²) in [5, 5.41) is 7.65. The van der Waals surface area contributed by atoms with Crippen LogP contribution < -0.4 is 10.6 Å². The summed E-state index contributed by atoms with van der Waals surface area (Å²) in [5.74, 6) is 0.805. The van der Waals surface area contributed by atoms with Gasteiger partial charge in [-0.1, -0.05) is 0 Å². The third kappa shape index (κ3) is 4.33. The van der Waals surface area contributed by atoms with Gasteiger partial charge in [-0.25, -0.2) is 4.98 Å². The maximum atomic E-state index is 4.32.